The third-order valence-electron chi connectivity index (χ3n) is 1.82. The Balaban J connectivity index is 3.48. The molecule has 0 radical (unpaired) electrons. The van der Waals surface area contributed by atoms with E-state index in [1.54, 1.807) is 0 Å². The number of aliphatic hydroxyl groups excluding tert-OH is 1. The molecule has 0 fully saturated rings. The van der Waals surface area contributed by atoms with E-state index in [1.165, 1.54) is 0 Å². The molecule has 11 heavy (non-hydrogen) atoms. The van der Waals surface area contributed by atoms with E-state index in [9.17, 15) is 5.11 Å². The van der Waals surface area contributed by atoms with Crippen LogP contribution in [0.4, 0.5) is 0 Å². The lowest BCUT2D eigenvalue weighted by Gasteiger charge is -2.23. The molecule has 0 rings (SSSR count). The lowest BCUT2D eigenvalue weighted by molar-refractivity contribution is 0.112. The molecule has 3 heteroatoms. The smallest absolute Gasteiger partial charge is 0.0791 e. The molecule has 1 unspecified atom stereocenters. The molecule has 0 aliphatic heterocycles. The number of likely N-dealkylation sites (N-methyl/N-ethyl adjacent to an activating group) is 2. The number of nitrogens with one attached hydrogen (secondary N) is 1. The Morgan fingerprint density at radius 1 is 1.45 bits per heavy atom. The molecule has 0 aromatic heterocycles. The van der Waals surface area contributed by atoms with Gasteiger partial charge in [0.25, 0.3) is 0 Å². The normalized spacial score (nSPS) is 14.5. The van der Waals surface area contributed by atoms with Gasteiger partial charge in [-0.05, 0) is 27.9 Å². The van der Waals surface area contributed by atoms with Crippen molar-refractivity contribution in [1.29, 1.82) is 0 Å². The van der Waals surface area contributed by atoms with E-state index >= 15 is 0 Å². The van der Waals surface area contributed by atoms with Gasteiger partial charge in [0.05, 0.1) is 6.10 Å². The molecule has 68 valence electrons. The maximum absolute atomic E-state index is 9.36. The highest BCUT2D eigenvalue weighted by atomic mass is 16.3. The van der Waals surface area contributed by atoms with Gasteiger partial charge in [-0.15, -0.1) is 0 Å². The summed E-state index contributed by atoms with van der Waals surface area (Å²) in [5, 5.41) is 12.3. The van der Waals surface area contributed by atoms with Gasteiger partial charge in [0, 0.05) is 19.1 Å². The standard InChI is InChI=1S/C8H20N2O/c1-7(2)10(4)6-8(11)5-9-3/h7-9,11H,5-6H2,1-4H3. The number of aliphatic hydroxyl groups is 1. The Kier molecular flexibility index (Phi) is 5.46. The van der Waals surface area contributed by atoms with Gasteiger partial charge in [0.2, 0.25) is 0 Å². The van der Waals surface area contributed by atoms with Crippen LogP contribution in [0.25, 0.3) is 0 Å². The molecule has 0 aromatic rings. The van der Waals surface area contributed by atoms with Crippen molar-refractivity contribution >= 4 is 0 Å². The molecule has 0 aromatic carbocycles. The molecule has 0 saturated carbocycles. The topological polar surface area (TPSA) is 35.5 Å². The van der Waals surface area contributed by atoms with E-state index in [1.807, 2.05) is 14.1 Å². The van der Waals surface area contributed by atoms with E-state index in [2.05, 4.69) is 24.1 Å². The average molecular weight is 160 g/mol. The largest absolute Gasteiger partial charge is 0.390 e. The summed E-state index contributed by atoms with van der Waals surface area (Å²) in [7, 11) is 3.86. The zero-order valence-electron chi connectivity index (χ0n) is 7.96. The van der Waals surface area contributed by atoms with Crippen LogP contribution in [0.15, 0.2) is 0 Å². The molecule has 2 N–H and O–H groups in total. The molecule has 3 nitrogen and oxygen atoms in total. The van der Waals surface area contributed by atoms with Crippen LogP contribution in [-0.4, -0.2) is 49.3 Å². The highest BCUT2D eigenvalue weighted by molar-refractivity contribution is 4.65. The summed E-state index contributed by atoms with van der Waals surface area (Å²) in [5.41, 5.74) is 0. The van der Waals surface area contributed by atoms with Crippen LogP contribution >= 0.6 is 0 Å². The quantitative estimate of drug-likeness (QED) is 0.590. The Hall–Kier alpha value is -0.120. The predicted molar refractivity (Wildman–Crippen MR) is 47.7 cm³/mol. The first kappa shape index (κ1) is 10.9. The second-order valence-corrected chi connectivity index (χ2v) is 3.24. The number of hydrogen-bond donors (Lipinski definition) is 2. The summed E-state index contributed by atoms with van der Waals surface area (Å²) in [6.07, 6.45) is -0.257. The lowest BCUT2D eigenvalue weighted by atomic mass is 10.3. The van der Waals surface area contributed by atoms with Crippen molar-refractivity contribution in [2.75, 3.05) is 27.2 Å². The van der Waals surface area contributed by atoms with E-state index in [4.69, 9.17) is 0 Å². The molecule has 1 atom stereocenters. The molecule has 0 aliphatic rings. The summed E-state index contributed by atoms with van der Waals surface area (Å²) in [6, 6.07) is 0.501. The van der Waals surface area contributed by atoms with Crippen LogP contribution in [0, 0.1) is 0 Å². The van der Waals surface area contributed by atoms with Gasteiger partial charge < -0.3 is 15.3 Å². The van der Waals surface area contributed by atoms with E-state index in [-0.39, 0.29) is 6.10 Å². The minimum absolute atomic E-state index is 0.257. The maximum atomic E-state index is 9.36. The van der Waals surface area contributed by atoms with Gasteiger partial charge >= 0.3 is 0 Å². The molecule has 0 spiro atoms. The first-order valence-electron chi connectivity index (χ1n) is 4.10. The second kappa shape index (κ2) is 5.52. The average Bonchev–Trinajstić information content (AvgIpc) is 1.87. The van der Waals surface area contributed by atoms with Gasteiger partial charge in [-0.25, -0.2) is 0 Å². The SMILES string of the molecule is CNCC(O)CN(C)C(C)C. The third-order valence-corrected chi connectivity index (χ3v) is 1.82. The summed E-state index contributed by atoms with van der Waals surface area (Å²) in [4.78, 5) is 2.13. The van der Waals surface area contributed by atoms with Gasteiger partial charge in [0.1, 0.15) is 0 Å². The molecule has 0 aliphatic carbocycles. The van der Waals surface area contributed by atoms with Crippen molar-refractivity contribution in [2.45, 2.75) is 26.0 Å². The minimum atomic E-state index is -0.257. The van der Waals surface area contributed by atoms with Crippen LogP contribution in [0.2, 0.25) is 0 Å². The van der Waals surface area contributed by atoms with E-state index in [0.29, 0.717) is 12.6 Å². The third kappa shape index (κ3) is 5.18. The van der Waals surface area contributed by atoms with Gasteiger partial charge in [-0.3, -0.25) is 0 Å². The number of nitrogens with zero attached hydrogens (tertiary/aromatic N) is 1. The molecule has 0 amide bonds. The zero-order valence-corrected chi connectivity index (χ0v) is 7.96. The van der Waals surface area contributed by atoms with E-state index in [0.717, 1.165) is 6.54 Å². The van der Waals surface area contributed by atoms with Gasteiger partial charge in [-0.1, -0.05) is 0 Å². The monoisotopic (exact) mass is 160 g/mol. The van der Waals surface area contributed by atoms with Crippen molar-refractivity contribution in [3.8, 4) is 0 Å². The Morgan fingerprint density at radius 2 is 2.00 bits per heavy atom. The van der Waals surface area contributed by atoms with Crippen molar-refractivity contribution in [2.24, 2.45) is 0 Å². The van der Waals surface area contributed by atoms with Crippen molar-refractivity contribution in [3.63, 3.8) is 0 Å². The second-order valence-electron chi connectivity index (χ2n) is 3.24. The van der Waals surface area contributed by atoms with E-state index < -0.39 is 0 Å². The Labute approximate surface area is 69.4 Å². The summed E-state index contributed by atoms with van der Waals surface area (Å²) in [6.45, 7) is 5.63. The van der Waals surface area contributed by atoms with Crippen LogP contribution in [0.5, 0.6) is 0 Å². The summed E-state index contributed by atoms with van der Waals surface area (Å²) >= 11 is 0. The fourth-order valence-corrected chi connectivity index (χ4v) is 0.843. The first-order valence-corrected chi connectivity index (χ1v) is 4.10. The van der Waals surface area contributed by atoms with Crippen molar-refractivity contribution < 1.29 is 5.11 Å². The molecular weight excluding hydrogens is 140 g/mol. The fraction of sp³-hybridized carbons (Fsp3) is 1.00. The first-order chi connectivity index (χ1) is 5.07. The minimum Gasteiger partial charge on any atom is -0.390 e. The highest BCUT2D eigenvalue weighted by Gasteiger charge is 2.08. The lowest BCUT2D eigenvalue weighted by Crippen LogP contribution is -2.38. The Bertz CT molecular complexity index is 96.1. The predicted octanol–water partition coefficient (Wildman–Crippen LogP) is -0.0931. The zero-order chi connectivity index (χ0) is 8.85. The fourth-order valence-electron chi connectivity index (χ4n) is 0.843. The van der Waals surface area contributed by atoms with Crippen LogP contribution < -0.4 is 5.32 Å². The number of hydrogen-bond acceptors (Lipinski definition) is 3. The highest BCUT2D eigenvalue weighted by Crippen LogP contribution is 1.94. The molecule has 0 bridgehead atoms. The van der Waals surface area contributed by atoms with Crippen LogP contribution in [0.1, 0.15) is 13.8 Å². The van der Waals surface area contributed by atoms with Gasteiger partial charge in [-0.2, -0.15) is 0 Å². The van der Waals surface area contributed by atoms with Crippen molar-refractivity contribution in [3.05, 3.63) is 0 Å². The van der Waals surface area contributed by atoms with Gasteiger partial charge in [0.15, 0.2) is 0 Å². The van der Waals surface area contributed by atoms with Crippen LogP contribution in [-0.2, 0) is 0 Å². The van der Waals surface area contributed by atoms with Crippen LogP contribution in [0.3, 0.4) is 0 Å². The maximum Gasteiger partial charge on any atom is 0.0791 e. The van der Waals surface area contributed by atoms with Crippen molar-refractivity contribution in [1.82, 2.24) is 10.2 Å². The molecule has 0 heterocycles. The summed E-state index contributed by atoms with van der Waals surface area (Å²) in [5.74, 6) is 0. The molecule has 0 saturated heterocycles. The Morgan fingerprint density at radius 3 is 2.36 bits per heavy atom. The molecular formula is C8H20N2O. The summed E-state index contributed by atoms with van der Waals surface area (Å²) < 4.78 is 0. The number of rotatable bonds is 5.